The number of benzene rings is 2. The van der Waals surface area contributed by atoms with Crippen LogP contribution < -0.4 is 19.3 Å². The van der Waals surface area contributed by atoms with E-state index in [2.05, 4.69) is 11.6 Å². The number of carbonyl (C=O) groups is 3. The van der Waals surface area contributed by atoms with E-state index in [1.165, 1.54) is 9.80 Å². The van der Waals surface area contributed by atoms with Crippen molar-refractivity contribution in [2.45, 2.75) is 32.9 Å². The van der Waals surface area contributed by atoms with Gasteiger partial charge in [0.25, 0.3) is 11.8 Å². The molecule has 2 atom stereocenters. The molecule has 2 aliphatic rings. The number of anilines is 2. The summed E-state index contributed by atoms with van der Waals surface area (Å²) in [5, 5.41) is 2.89. The van der Waals surface area contributed by atoms with E-state index in [0.717, 1.165) is 16.3 Å². The first-order valence-corrected chi connectivity index (χ1v) is 12.4. The number of rotatable bonds is 6. The smallest absolute Gasteiger partial charge is 0.268 e. The number of hydrogen-bond donors (Lipinski definition) is 0. The molecule has 2 amide bonds. The Morgan fingerprint density at radius 1 is 1.22 bits per heavy atom. The first-order chi connectivity index (χ1) is 17.3. The Labute approximate surface area is 212 Å². The van der Waals surface area contributed by atoms with Crippen LogP contribution in [0.4, 0.5) is 11.4 Å². The standard InChI is InChI=1S/C27H25N3O5S/c1-5-10-29-21-12-19(7-8-23(21)34-13-25(29)31)26(32)15(2)30-22-11-18(20-14-36-17(4)28-20)6-9-24(22)35-16(3)27(30)33/h5-9,11-12,14-16H,1,10,13H2,2-4H3. The van der Waals surface area contributed by atoms with Gasteiger partial charge in [-0.1, -0.05) is 6.08 Å². The van der Waals surface area contributed by atoms with Crippen LogP contribution in [0, 0.1) is 6.92 Å². The summed E-state index contributed by atoms with van der Waals surface area (Å²) < 4.78 is 11.4. The van der Waals surface area contributed by atoms with Gasteiger partial charge in [-0.2, -0.15) is 0 Å². The lowest BCUT2D eigenvalue weighted by Gasteiger charge is -2.36. The van der Waals surface area contributed by atoms with Crippen LogP contribution in [0.25, 0.3) is 11.3 Å². The maximum Gasteiger partial charge on any atom is 0.268 e. The lowest BCUT2D eigenvalue weighted by Crippen LogP contribution is -2.51. The third kappa shape index (κ3) is 4.05. The van der Waals surface area contributed by atoms with Gasteiger partial charge in [0.15, 0.2) is 18.5 Å². The zero-order valence-corrected chi connectivity index (χ0v) is 21.0. The molecule has 0 bridgehead atoms. The monoisotopic (exact) mass is 503 g/mol. The van der Waals surface area contributed by atoms with E-state index in [0.29, 0.717) is 35.0 Å². The van der Waals surface area contributed by atoms with Crippen LogP contribution in [0.1, 0.15) is 29.2 Å². The molecular weight excluding hydrogens is 478 g/mol. The zero-order chi connectivity index (χ0) is 25.6. The Balaban J connectivity index is 1.52. The van der Waals surface area contributed by atoms with Gasteiger partial charge >= 0.3 is 0 Å². The Kier molecular flexibility index (Phi) is 6.09. The van der Waals surface area contributed by atoms with Gasteiger partial charge in [-0.15, -0.1) is 17.9 Å². The summed E-state index contributed by atoms with van der Waals surface area (Å²) >= 11 is 1.54. The van der Waals surface area contributed by atoms with Crippen LogP contribution >= 0.6 is 11.3 Å². The van der Waals surface area contributed by atoms with Crippen molar-refractivity contribution in [2.75, 3.05) is 23.0 Å². The summed E-state index contributed by atoms with van der Waals surface area (Å²) in [7, 11) is 0. The molecule has 5 rings (SSSR count). The topological polar surface area (TPSA) is 89.0 Å². The molecule has 0 spiro atoms. The largest absolute Gasteiger partial charge is 0.482 e. The first kappa shape index (κ1) is 23.7. The quantitative estimate of drug-likeness (QED) is 0.366. The molecule has 2 aliphatic heterocycles. The fourth-order valence-electron chi connectivity index (χ4n) is 4.46. The van der Waals surface area contributed by atoms with Crippen molar-refractivity contribution in [2.24, 2.45) is 0 Å². The fourth-order valence-corrected chi connectivity index (χ4v) is 5.08. The molecule has 3 aromatic rings. The molecule has 36 heavy (non-hydrogen) atoms. The van der Waals surface area contributed by atoms with Crippen molar-refractivity contribution < 1.29 is 23.9 Å². The second kappa shape index (κ2) is 9.23. The molecule has 184 valence electrons. The molecular formula is C27H25N3O5S. The number of nitrogens with zero attached hydrogens (tertiary/aromatic N) is 3. The second-order valence-corrected chi connectivity index (χ2v) is 9.77. The maximum atomic E-state index is 13.7. The number of ether oxygens (including phenoxy) is 2. The number of Topliss-reactive ketones (excluding diaryl/α,β-unsaturated/α-hetero) is 1. The fraction of sp³-hybridized carbons (Fsp3) is 0.259. The van der Waals surface area contributed by atoms with Gasteiger partial charge in [0.05, 0.1) is 28.1 Å². The summed E-state index contributed by atoms with van der Waals surface area (Å²) in [4.78, 5) is 46.9. The molecule has 0 saturated heterocycles. The van der Waals surface area contributed by atoms with Gasteiger partial charge < -0.3 is 14.4 Å². The molecule has 2 aromatic carbocycles. The number of aryl methyl sites for hydroxylation is 1. The van der Waals surface area contributed by atoms with Crippen LogP contribution in [0.5, 0.6) is 11.5 Å². The minimum absolute atomic E-state index is 0.0671. The molecule has 0 saturated carbocycles. The third-order valence-corrected chi connectivity index (χ3v) is 7.06. The number of carbonyl (C=O) groups excluding carboxylic acids is 3. The van der Waals surface area contributed by atoms with Gasteiger partial charge in [-0.3, -0.25) is 19.3 Å². The molecule has 3 heterocycles. The van der Waals surface area contributed by atoms with Crippen molar-refractivity contribution in [1.29, 1.82) is 0 Å². The van der Waals surface area contributed by atoms with Crippen LogP contribution in [-0.2, 0) is 9.59 Å². The van der Waals surface area contributed by atoms with Crippen molar-refractivity contribution in [3.8, 4) is 22.8 Å². The summed E-state index contributed by atoms with van der Waals surface area (Å²) in [5.41, 5.74) is 3.03. The normalized spacial score (nSPS) is 17.6. The summed E-state index contributed by atoms with van der Waals surface area (Å²) in [6.45, 7) is 9.25. The minimum Gasteiger partial charge on any atom is -0.482 e. The average molecular weight is 504 g/mol. The van der Waals surface area contributed by atoms with Crippen LogP contribution in [0.15, 0.2) is 54.4 Å². The number of hydrogen-bond acceptors (Lipinski definition) is 7. The van der Waals surface area contributed by atoms with Gasteiger partial charge in [0.1, 0.15) is 11.5 Å². The highest BCUT2D eigenvalue weighted by Crippen LogP contribution is 2.40. The number of ketones is 1. The molecule has 0 fully saturated rings. The number of fused-ring (bicyclic) bond motifs is 2. The highest BCUT2D eigenvalue weighted by molar-refractivity contribution is 7.09. The Hall–Kier alpha value is -3.98. The van der Waals surface area contributed by atoms with E-state index in [9.17, 15) is 14.4 Å². The average Bonchev–Trinajstić information content (AvgIpc) is 3.31. The Bertz CT molecular complexity index is 1400. The van der Waals surface area contributed by atoms with E-state index >= 15 is 0 Å². The van der Waals surface area contributed by atoms with E-state index in [1.54, 1.807) is 49.5 Å². The lowest BCUT2D eigenvalue weighted by molar-refractivity contribution is -0.126. The predicted octanol–water partition coefficient (Wildman–Crippen LogP) is 4.42. The Morgan fingerprint density at radius 3 is 2.72 bits per heavy atom. The maximum absolute atomic E-state index is 13.7. The highest BCUT2D eigenvalue weighted by Gasteiger charge is 2.38. The van der Waals surface area contributed by atoms with Gasteiger partial charge in [-0.25, -0.2) is 4.98 Å². The number of thiazole rings is 1. The van der Waals surface area contributed by atoms with Crippen molar-refractivity contribution in [3.05, 3.63) is 65.0 Å². The summed E-state index contributed by atoms with van der Waals surface area (Å²) in [6, 6.07) is 9.69. The predicted molar refractivity (Wildman–Crippen MR) is 138 cm³/mol. The Morgan fingerprint density at radius 2 is 2.00 bits per heavy atom. The SMILES string of the molecule is C=CCN1C(=O)COc2ccc(C(=O)C(C)N3C(=O)C(C)Oc4ccc(-c5csc(C)n5)cc43)cc21. The van der Waals surface area contributed by atoms with Gasteiger partial charge in [0.2, 0.25) is 0 Å². The minimum atomic E-state index is -0.818. The number of amides is 2. The van der Waals surface area contributed by atoms with Crippen molar-refractivity contribution in [1.82, 2.24) is 4.98 Å². The van der Waals surface area contributed by atoms with E-state index < -0.39 is 12.1 Å². The van der Waals surface area contributed by atoms with Crippen LogP contribution in [-0.4, -0.2) is 47.9 Å². The molecule has 2 unspecified atom stereocenters. The lowest BCUT2D eigenvalue weighted by atomic mass is 9.99. The molecule has 1 aromatic heterocycles. The number of aromatic nitrogens is 1. The van der Waals surface area contributed by atoms with Gasteiger partial charge in [-0.05, 0) is 57.2 Å². The van der Waals surface area contributed by atoms with Crippen molar-refractivity contribution in [3.63, 3.8) is 0 Å². The molecule has 0 aliphatic carbocycles. The summed E-state index contributed by atoms with van der Waals surface area (Å²) in [5.74, 6) is 0.262. The second-order valence-electron chi connectivity index (χ2n) is 8.71. The van der Waals surface area contributed by atoms with Crippen LogP contribution in [0.2, 0.25) is 0 Å². The molecule has 0 radical (unpaired) electrons. The first-order valence-electron chi connectivity index (χ1n) is 11.6. The summed E-state index contributed by atoms with van der Waals surface area (Å²) in [6.07, 6.45) is 0.883. The molecule has 9 heteroatoms. The van der Waals surface area contributed by atoms with E-state index in [4.69, 9.17) is 9.47 Å². The van der Waals surface area contributed by atoms with Gasteiger partial charge in [0, 0.05) is 23.1 Å². The van der Waals surface area contributed by atoms with Crippen molar-refractivity contribution >= 4 is 40.3 Å². The molecule has 0 N–H and O–H groups in total. The van der Waals surface area contributed by atoms with Crippen LogP contribution in [0.3, 0.4) is 0 Å². The van der Waals surface area contributed by atoms with E-state index in [-0.39, 0.29) is 24.2 Å². The zero-order valence-electron chi connectivity index (χ0n) is 20.2. The molecule has 8 nitrogen and oxygen atoms in total. The van der Waals surface area contributed by atoms with E-state index in [1.807, 2.05) is 30.5 Å². The third-order valence-electron chi connectivity index (χ3n) is 6.29. The highest BCUT2D eigenvalue weighted by atomic mass is 32.1.